The van der Waals surface area contributed by atoms with Crippen molar-refractivity contribution in [1.29, 1.82) is 0 Å². The van der Waals surface area contributed by atoms with Crippen molar-refractivity contribution in [2.45, 2.75) is 13.5 Å². The topological polar surface area (TPSA) is 59.7 Å². The first kappa shape index (κ1) is 12.7. The Bertz CT molecular complexity index is 574. The summed E-state index contributed by atoms with van der Waals surface area (Å²) in [5.41, 5.74) is 1.03. The Balaban J connectivity index is 2.16. The minimum atomic E-state index is -1.01. The number of rotatable bonds is 4. The summed E-state index contributed by atoms with van der Waals surface area (Å²) < 4.78 is 11.3. The number of carbonyl (C=O) groups is 1. The first-order valence-electron chi connectivity index (χ1n) is 5.27. The molecule has 0 aliphatic carbocycles. The molecule has 0 atom stereocenters. The van der Waals surface area contributed by atoms with Gasteiger partial charge in [-0.1, -0.05) is 11.6 Å². The summed E-state index contributed by atoms with van der Waals surface area (Å²) in [6.07, 6.45) is 0. The van der Waals surface area contributed by atoms with Crippen molar-refractivity contribution >= 4 is 21.9 Å². The molecule has 5 heteroatoms. The summed E-state index contributed by atoms with van der Waals surface area (Å²) in [6, 6.07) is 8.55. The van der Waals surface area contributed by atoms with Gasteiger partial charge in [0.2, 0.25) is 0 Å². The molecule has 0 bridgehead atoms. The normalized spacial score (nSPS) is 10.3. The monoisotopic (exact) mass is 310 g/mol. The molecule has 0 fully saturated rings. The molecule has 94 valence electrons. The van der Waals surface area contributed by atoms with Crippen molar-refractivity contribution in [1.82, 2.24) is 0 Å². The number of hydrogen-bond acceptors (Lipinski definition) is 3. The molecule has 0 unspecified atom stereocenters. The molecule has 2 rings (SSSR count). The van der Waals surface area contributed by atoms with Crippen LogP contribution in [0.2, 0.25) is 0 Å². The van der Waals surface area contributed by atoms with Crippen LogP contribution in [0.5, 0.6) is 5.75 Å². The Labute approximate surface area is 112 Å². The van der Waals surface area contributed by atoms with E-state index < -0.39 is 5.97 Å². The fourth-order valence-corrected chi connectivity index (χ4v) is 1.86. The molecule has 2 aromatic rings. The number of furan rings is 1. The van der Waals surface area contributed by atoms with E-state index in [0.717, 1.165) is 5.56 Å². The SMILES string of the molecule is Cc1ccc(OCc2ccc(Br)o2)c(C(=O)O)c1. The molecule has 18 heavy (non-hydrogen) atoms. The van der Waals surface area contributed by atoms with Crippen molar-refractivity contribution < 1.29 is 19.1 Å². The third-order valence-corrected chi connectivity index (χ3v) is 2.79. The highest BCUT2D eigenvalue weighted by Gasteiger charge is 2.12. The first-order chi connectivity index (χ1) is 8.56. The van der Waals surface area contributed by atoms with Crippen LogP contribution in [-0.4, -0.2) is 11.1 Å². The molecule has 1 aromatic heterocycles. The highest BCUT2D eigenvalue weighted by Crippen LogP contribution is 2.22. The lowest BCUT2D eigenvalue weighted by Crippen LogP contribution is -2.03. The number of carboxylic acid groups (broad SMARTS) is 1. The summed E-state index contributed by atoms with van der Waals surface area (Å²) in [7, 11) is 0. The maximum Gasteiger partial charge on any atom is 0.339 e. The molecule has 0 aliphatic rings. The van der Waals surface area contributed by atoms with E-state index in [1.807, 2.05) is 6.92 Å². The average molecular weight is 311 g/mol. The lowest BCUT2D eigenvalue weighted by molar-refractivity contribution is 0.0691. The number of aryl methyl sites for hydroxylation is 1. The van der Waals surface area contributed by atoms with E-state index in [9.17, 15) is 4.79 Å². The van der Waals surface area contributed by atoms with Crippen LogP contribution < -0.4 is 4.74 Å². The molecule has 0 saturated heterocycles. The Hall–Kier alpha value is -1.75. The predicted octanol–water partition coefficient (Wildman–Crippen LogP) is 3.63. The van der Waals surface area contributed by atoms with Gasteiger partial charge in [0.15, 0.2) is 4.67 Å². The van der Waals surface area contributed by atoms with Crippen LogP contribution in [0.25, 0.3) is 0 Å². The van der Waals surface area contributed by atoms with Gasteiger partial charge in [-0.25, -0.2) is 4.79 Å². The third-order valence-electron chi connectivity index (χ3n) is 2.36. The minimum absolute atomic E-state index is 0.153. The smallest absolute Gasteiger partial charge is 0.339 e. The average Bonchev–Trinajstić information content (AvgIpc) is 2.73. The number of halogens is 1. The van der Waals surface area contributed by atoms with Crippen molar-refractivity contribution in [2.24, 2.45) is 0 Å². The van der Waals surface area contributed by atoms with Gasteiger partial charge in [0.05, 0.1) is 0 Å². The second-order valence-electron chi connectivity index (χ2n) is 3.80. The van der Waals surface area contributed by atoms with E-state index in [4.69, 9.17) is 14.3 Å². The summed E-state index contributed by atoms with van der Waals surface area (Å²) in [4.78, 5) is 11.1. The lowest BCUT2D eigenvalue weighted by Gasteiger charge is -2.08. The zero-order valence-electron chi connectivity index (χ0n) is 9.64. The van der Waals surface area contributed by atoms with Crippen LogP contribution in [0.4, 0.5) is 0 Å². The summed E-state index contributed by atoms with van der Waals surface area (Å²) in [5, 5.41) is 9.08. The zero-order valence-corrected chi connectivity index (χ0v) is 11.2. The molecular weight excluding hydrogens is 300 g/mol. The quantitative estimate of drug-likeness (QED) is 0.936. The number of carboxylic acids is 1. The first-order valence-corrected chi connectivity index (χ1v) is 6.06. The van der Waals surface area contributed by atoms with Crippen LogP contribution in [0, 0.1) is 6.92 Å². The third kappa shape index (κ3) is 2.92. The number of ether oxygens (including phenoxy) is 1. The van der Waals surface area contributed by atoms with Gasteiger partial charge < -0.3 is 14.3 Å². The van der Waals surface area contributed by atoms with Crippen LogP contribution in [0.3, 0.4) is 0 Å². The van der Waals surface area contributed by atoms with E-state index >= 15 is 0 Å². The predicted molar refractivity (Wildman–Crippen MR) is 68.9 cm³/mol. The van der Waals surface area contributed by atoms with Crippen LogP contribution in [0.15, 0.2) is 39.4 Å². The number of aromatic carboxylic acids is 1. The van der Waals surface area contributed by atoms with E-state index in [2.05, 4.69) is 15.9 Å². The molecule has 4 nitrogen and oxygen atoms in total. The molecule has 0 amide bonds. The molecule has 1 heterocycles. The minimum Gasteiger partial charge on any atom is -0.485 e. The molecule has 0 radical (unpaired) electrons. The van der Waals surface area contributed by atoms with Gasteiger partial charge in [0, 0.05) is 0 Å². The Morgan fingerprint density at radius 3 is 2.78 bits per heavy atom. The highest BCUT2D eigenvalue weighted by atomic mass is 79.9. The van der Waals surface area contributed by atoms with Gasteiger partial charge in [0.1, 0.15) is 23.7 Å². The van der Waals surface area contributed by atoms with Crippen molar-refractivity contribution in [3.63, 3.8) is 0 Å². The van der Waals surface area contributed by atoms with Gasteiger partial charge >= 0.3 is 5.97 Å². The van der Waals surface area contributed by atoms with E-state index in [1.165, 1.54) is 0 Å². The largest absolute Gasteiger partial charge is 0.485 e. The lowest BCUT2D eigenvalue weighted by atomic mass is 10.1. The van der Waals surface area contributed by atoms with E-state index in [1.54, 1.807) is 30.3 Å². The second-order valence-corrected chi connectivity index (χ2v) is 4.58. The number of hydrogen-bond donors (Lipinski definition) is 1. The van der Waals surface area contributed by atoms with Crippen LogP contribution in [-0.2, 0) is 6.61 Å². The Kier molecular flexibility index (Phi) is 3.72. The second kappa shape index (κ2) is 5.27. The zero-order chi connectivity index (χ0) is 13.1. The molecule has 0 spiro atoms. The van der Waals surface area contributed by atoms with Crippen molar-refractivity contribution in [3.8, 4) is 5.75 Å². The van der Waals surface area contributed by atoms with Gasteiger partial charge in [-0.15, -0.1) is 0 Å². The maximum absolute atomic E-state index is 11.1. The van der Waals surface area contributed by atoms with Gasteiger partial charge in [-0.05, 0) is 47.1 Å². The maximum atomic E-state index is 11.1. The molecule has 0 saturated carbocycles. The molecular formula is C13H11BrO4. The van der Waals surface area contributed by atoms with Gasteiger partial charge in [0.25, 0.3) is 0 Å². The molecule has 1 N–H and O–H groups in total. The van der Waals surface area contributed by atoms with Crippen molar-refractivity contribution in [2.75, 3.05) is 0 Å². The van der Waals surface area contributed by atoms with Crippen LogP contribution >= 0.6 is 15.9 Å². The van der Waals surface area contributed by atoms with Gasteiger partial charge in [-0.2, -0.15) is 0 Å². The fourth-order valence-electron chi connectivity index (χ4n) is 1.52. The number of benzene rings is 1. The Morgan fingerprint density at radius 2 is 2.17 bits per heavy atom. The van der Waals surface area contributed by atoms with Crippen LogP contribution in [0.1, 0.15) is 21.7 Å². The Morgan fingerprint density at radius 1 is 1.39 bits per heavy atom. The molecule has 1 aromatic carbocycles. The highest BCUT2D eigenvalue weighted by molar-refractivity contribution is 9.10. The van der Waals surface area contributed by atoms with E-state index in [-0.39, 0.29) is 12.2 Å². The summed E-state index contributed by atoms with van der Waals surface area (Å²) in [5.74, 6) is -0.0475. The fraction of sp³-hybridized carbons (Fsp3) is 0.154. The molecule has 0 aliphatic heterocycles. The van der Waals surface area contributed by atoms with Crippen molar-refractivity contribution in [3.05, 3.63) is 51.9 Å². The standard InChI is InChI=1S/C13H11BrO4/c1-8-2-4-11(10(6-8)13(15)16)17-7-9-3-5-12(14)18-9/h2-6H,7H2,1H3,(H,15,16). The summed E-state index contributed by atoms with van der Waals surface area (Å²) in [6.45, 7) is 2.02. The van der Waals surface area contributed by atoms with E-state index in [0.29, 0.717) is 16.2 Å². The van der Waals surface area contributed by atoms with Gasteiger partial charge in [-0.3, -0.25) is 0 Å². The summed E-state index contributed by atoms with van der Waals surface area (Å²) >= 11 is 3.19.